The zero-order valence-electron chi connectivity index (χ0n) is 15.0. The maximum absolute atomic E-state index is 12.7. The van der Waals surface area contributed by atoms with Crippen molar-refractivity contribution in [1.82, 2.24) is 0 Å². The summed E-state index contributed by atoms with van der Waals surface area (Å²) in [5.74, 6) is -0.655. The molecule has 0 atom stereocenters. The highest BCUT2D eigenvalue weighted by Gasteiger charge is 2.18. The first-order valence-electron chi connectivity index (χ1n) is 8.76. The van der Waals surface area contributed by atoms with Gasteiger partial charge in [0.05, 0.1) is 12.1 Å². The quantitative estimate of drug-likeness (QED) is 0.535. The number of nitrogens with zero attached hydrogens (tertiary/aromatic N) is 1. The first-order chi connectivity index (χ1) is 13.1. The number of carbonyl (C=O) groups excluding carboxylic acids is 2. The molecule has 0 aliphatic rings. The van der Waals surface area contributed by atoms with Crippen LogP contribution in [0.3, 0.4) is 0 Å². The van der Waals surface area contributed by atoms with E-state index in [1.165, 1.54) is 0 Å². The zero-order valence-corrected chi connectivity index (χ0v) is 16.6. The van der Waals surface area contributed by atoms with Crippen molar-refractivity contribution >= 4 is 44.3 Å². The summed E-state index contributed by atoms with van der Waals surface area (Å²) in [6.45, 7) is 2.13. The molecule has 1 amide bonds. The molecular formula is C22H20BrNO3. The van der Waals surface area contributed by atoms with E-state index >= 15 is 0 Å². The third kappa shape index (κ3) is 4.74. The van der Waals surface area contributed by atoms with Gasteiger partial charge in [-0.3, -0.25) is 9.59 Å². The maximum Gasteiger partial charge on any atom is 0.310 e. The van der Waals surface area contributed by atoms with Gasteiger partial charge in [-0.25, -0.2) is 0 Å². The lowest BCUT2D eigenvalue weighted by molar-refractivity contribution is -0.147. The molecule has 5 heteroatoms. The van der Waals surface area contributed by atoms with Crippen LogP contribution in [-0.2, 0) is 20.7 Å². The van der Waals surface area contributed by atoms with Crippen LogP contribution in [0, 0.1) is 0 Å². The Morgan fingerprint density at radius 2 is 1.67 bits per heavy atom. The van der Waals surface area contributed by atoms with Gasteiger partial charge in [-0.2, -0.15) is 0 Å². The van der Waals surface area contributed by atoms with Gasteiger partial charge in [0.15, 0.2) is 6.61 Å². The van der Waals surface area contributed by atoms with Crippen LogP contribution in [0.4, 0.5) is 5.69 Å². The molecule has 0 radical (unpaired) electrons. The molecule has 0 saturated carbocycles. The molecule has 0 aliphatic heterocycles. The van der Waals surface area contributed by atoms with Gasteiger partial charge < -0.3 is 9.64 Å². The Morgan fingerprint density at radius 3 is 2.41 bits per heavy atom. The minimum atomic E-state index is -0.417. The van der Waals surface area contributed by atoms with Crippen molar-refractivity contribution in [3.8, 4) is 0 Å². The van der Waals surface area contributed by atoms with Crippen LogP contribution >= 0.6 is 15.9 Å². The topological polar surface area (TPSA) is 46.6 Å². The number of anilines is 1. The molecule has 0 unspecified atom stereocenters. The Hall–Kier alpha value is -2.66. The predicted molar refractivity (Wildman–Crippen MR) is 111 cm³/mol. The fourth-order valence-electron chi connectivity index (χ4n) is 2.96. The van der Waals surface area contributed by atoms with Crippen molar-refractivity contribution < 1.29 is 14.3 Å². The van der Waals surface area contributed by atoms with Crippen LogP contribution in [0.15, 0.2) is 71.2 Å². The van der Waals surface area contributed by atoms with E-state index in [0.29, 0.717) is 6.54 Å². The van der Waals surface area contributed by atoms with Gasteiger partial charge in [0.25, 0.3) is 5.91 Å². The van der Waals surface area contributed by atoms with Crippen molar-refractivity contribution in [3.63, 3.8) is 0 Å². The lowest BCUT2D eigenvalue weighted by Gasteiger charge is -2.22. The van der Waals surface area contributed by atoms with Crippen molar-refractivity contribution in [2.45, 2.75) is 13.3 Å². The first kappa shape index (κ1) is 19.1. The molecule has 0 saturated heterocycles. The summed E-state index contributed by atoms with van der Waals surface area (Å²) in [4.78, 5) is 26.4. The average Bonchev–Trinajstić information content (AvgIpc) is 2.69. The van der Waals surface area contributed by atoms with E-state index in [9.17, 15) is 9.59 Å². The van der Waals surface area contributed by atoms with Crippen molar-refractivity contribution in [2.75, 3.05) is 18.1 Å². The molecule has 0 fully saturated rings. The smallest absolute Gasteiger partial charge is 0.310 e. The molecule has 138 valence electrons. The van der Waals surface area contributed by atoms with Crippen LogP contribution in [0.25, 0.3) is 10.8 Å². The van der Waals surface area contributed by atoms with Gasteiger partial charge in [0.2, 0.25) is 0 Å². The standard InChI is InChI=1S/C22H20BrNO3/c1-2-24(20-9-5-7-17-6-3-4-8-19(17)20)21(25)15-27-22(26)14-16-10-12-18(23)13-11-16/h3-13H,2,14-15H2,1H3. The number of fused-ring (bicyclic) bond motifs is 1. The van der Waals surface area contributed by atoms with E-state index in [2.05, 4.69) is 15.9 Å². The Kier molecular flexibility index (Phi) is 6.24. The second-order valence-corrected chi connectivity index (χ2v) is 7.02. The third-order valence-electron chi connectivity index (χ3n) is 4.29. The van der Waals surface area contributed by atoms with Gasteiger partial charge in [-0.1, -0.05) is 64.5 Å². The van der Waals surface area contributed by atoms with Gasteiger partial charge in [-0.05, 0) is 36.1 Å². The van der Waals surface area contributed by atoms with E-state index in [4.69, 9.17) is 4.74 Å². The van der Waals surface area contributed by atoms with E-state index in [0.717, 1.165) is 26.5 Å². The van der Waals surface area contributed by atoms with Crippen molar-refractivity contribution in [3.05, 3.63) is 76.8 Å². The summed E-state index contributed by atoms with van der Waals surface area (Å²) in [6.07, 6.45) is 0.140. The molecule has 4 nitrogen and oxygen atoms in total. The zero-order chi connectivity index (χ0) is 19.2. The molecule has 0 spiro atoms. The molecule has 0 heterocycles. The van der Waals surface area contributed by atoms with Crippen molar-refractivity contribution in [2.24, 2.45) is 0 Å². The minimum absolute atomic E-state index is 0.140. The Labute approximate surface area is 166 Å². The molecule has 3 aromatic rings. The molecule has 0 aliphatic carbocycles. The highest BCUT2D eigenvalue weighted by atomic mass is 79.9. The summed E-state index contributed by atoms with van der Waals surface area (Å²) in [7, 11) is 0. The number of amides is 1. The summed E-state index contributed by atoms with van der Waals surface area (Å²) in [6, 6.07) is 21.2. The molecule has 3 rings (SSSR count). The largest absolute Gasteiger partial charge is 0.455 e. The molecule has 0 N–H and O–H groups in total. The fourth-order valence-corrected chi connectivity index (χ4v) is 3.23. The monoisotopic (exact) mass is 425 g/mol. The molecule has 3 aromatic carbocycles. The van der Waals surface area contributed by atoms with Crippen LogP contribution in [0.5, 0.6) is 0 Å². The average molecular weight is 426 g/mol. The Morgan fingerprint density at radius 1 is 0.963 bits per heavy atom. The van der Waals surface area contributed by atoms with E-state index in [-0.39, 0.29) is 18.9 Å². The predicted octanol–water partition coefficient (Wildman–Crippen LogP) is 4.74. The summed E-state index contributed by atoms with van der Waals surface area (Å²) in [5.41, 5.74) is 1.67. The number of hydrogen-bond acceptors (Lipinski definition) is 3. The molecular weight excluding hydrogens is 406 g/mol. The van der Waals surface area contributed by atoms with Crippen molar-refractivity contribution in [1.29, 1.82) is 0 Å². The second-order valence-electron chi connectivity index (χ2n) is 6.10. The Bertz CT molecular complexity index is 948. The lowest BCUT2D eigenvalue weighted by atomic mass is 10.1. The number of ether oxygens (including phenoxy) is 1. The van der Waals surface area contributed by atoms with Gasteiger partial charge in [0, 0.05) is 16.4 Å². The first-order valence-corrected chi connectivity index (χ1v) is 9.56. The minimum Gasteiger partial charge on any atom is -0.455 e. The molecule has 0 bridgehead atoms. The fraction of sp³-hybridized carbons (Fsp3) is 0.182. The van der Waals surface area contributed by atoms with Gasteiger partial charge in [-0.15, -0.1) is 0 Å². The molecule has 0 aromatic heterocycles. The number of rotatable bonds is 6. The highest BCUT2D eigenvalue weighted by Crippen LogP contribution is 2.26. The van der Waals surface area contributed by atoms with E-state index in [1.807, 2.05) is 73.7 Å². The normalized spacial score (nSPS) is 10.6. The van der Waals surface area contributed by atoms with Crippen LogP contribution in [0.1, 0.15) is 12.5 Å². The van der Waals surface area contributed by atoms with Gasteiger partial charge >= 0.3 is 5.97 Å². The number of halogens is 1. The maximum atomic E-state index is 12.7. The number of esters is 1. The van der Waals surface area contributed by atoms with Crippen LogP contribution in [-0.4, -0.2) is 25.0 Å². The molecule has 27 heavy (non-hydrogen) atoms. The Balaban J connectivity index is 1.66. The summed E-state index contributed by atoms with van der Waals surface area (Å²) in [5, 5.41) is 2.06. The number of likely N-dealkylation sites (N-methyl/N-ethyl adjacent to an activating group) is 1. The summed E-state index contributed by atoms with van der Waals surface area (Å²) < 4.78 is 6.16. The second kappa shape index (κ2) is 8.82. The number of carbonyl (C=O) groups is 2. The van der Waals surface area contributed by atoms with Crippen LogP contribution in [0.2, 0.25) is 0 Å². The van der Waals surface area contributed by atoms with E-state index in [1.54, 1.807) is 4.90 Å². The SMILES string of the molecule is CCN(C(=O)COC(=O)Cc1ccc(Br)cc1)c1cccc2ccccc12. The lowest BCUT2D eigenvalue weighted by Crippen LogP contribution is -2.34. The number of hydrogen-bond donors (Lipinski definition) is 0. The number of benzene rings is 3. The highest BCUT2D eigenvalue weighted by molar-refractivity contribution is 9.10. The van der Waals surface area contributed by atoms with Gasteiger partial charge in [0.1, 0.15) is 0 Å². The summed E-state index contributed by atoms with van der Waals surface area (Å²) >= 11 is 3.36. The van der Waals surface area contributed by atoms with Crippen LogP contribution < -0.4 is 4.90 Å². The van der Waals surface area contributed by atoms with E-state index < -0.39 is 5.97 Å². The third-order valence-corrected chi connectivity index (χ3v) is 4.82.